The van der Waals surface area contributed by atoms with Gasteiger partial charge in [0.15, 0.2) is 8.07 Å². The van der Waals surface area contributed by atoms with Crippen LogP contribution < -0.4 is 10.4 Å². The van der Waals surface area contributed by atoms with Crippen molar-refractivity contribution in [1.29, 1.82) is 0 Å². The number of rotatable bonds is 7. The molecule has 6 aromatic rings. The Morgan fingerprint density at radius 1 is 0.588 bits per heavy atom. The molecule has 3 aliphatic rings. The molecule has 0 amide bonds. The molecule has 0 fully saturated rings. The van der Waals surface area contributed by atoms with E-state index in [4.69, 9.17) is 0 Å². The average molecular weight is 676 g/mol. The van der Waals surface area contributed by atoms with Gasteiger partial charge in [-0.15, -0.1) is 0 Å². The van der Waals surface area contributed by atoms with Gasteiger partial charge in [0.1, 0.15) is 0 Å². The molecule has 3 aliphatic carbocycles. The van der Waals surface area contributed by atoms with Crippen LogP contribution in [0.3, 0.4) is 0 Å². The van der Waals surface area contributed by atoms with E-state index in [2.05, 4.69) is 194 Å². The Labute approximate surface area is 303 Å². The quantitative estimate of drug-likeness (QED) is 0.117. The number of aromatic nitrogens is 1. The summed E-state index contributed by atoms with van der Waals surface area (Å²) in [5.74, 6) is 0.935. The van der Waals surface area contributed by atoms with Crippen LogP contribution in [0.25, 0.3) is 32.9 Å². The third kappa shape index (κ3) is 5.45. The van der Waals surface area contributed by atoms with Crippen LogP contribution in [0.2, 0.25) is 5.54 Å². The molecule has 0 aliphatic heterocycles. The first-order valence-corrected chi connectivity index (χ1v) is 20.9. The number of allylic oxidation sites excluding steroid dienone is 10. The van der Waals surface area contributed by atoms with E-state index < -0.39 is 8.07 Å². The van der Waals surface area contributed by atoms with Gasteiger partial charge in [0.25, 0.3) is 0 Å². The highest BCUT2D eigenvalue weighted by Gasteiger charge is 2.46. The zero-order valence-electron chi connectivity index (χ0n) is 29.4. The molecule has 0 bridgehead atoms. The van der Waals surface area contributed by atoms with Gasteiger partial charge in [-0.25, -0.2) is 0 Å². The number of nitrogens with zero attached hydrogens (tertiary/aromatic N) is 1. The fraction of sp³-hybridized carbons (Fsp3) is 0.184. The van der Waals surface area contributed by atoms with E-state index >= 15 is 0 Å². The van der Waals surface area contributed by atoms with Crippen LogP contribution in [0.5, 0.6) is 0 Å². The number of benzene rings is 5. The maximum Gasteiger partial charge on any atom is 0.154 e. The topological polar surface area (TPSA) is 4.93 Å². The molecule has 0 spiro atoms. The van der Waals surface area contributed by atoms with E-state index in [0.717, 1.165) is 25.7 Å². The minimum absolute atomic E-state index is 0.335. The lowest BCUT2D eigenvalue weighted by molar-refractivity contribution is 0.360. The van der Waals surface area contributed by atoms with Gasteiger partial charge < -0.3 is 4.57 Å². The lowest BCUT2D eigenvalue weighted by atomic mass is 9.87. The molecule has 1 aromatic heterocycles. The zero-order chi connectivity index (χ0) is 34.2. The molecular weight excluding hydrogens is 631 g/mol. The van der Waals surface area contributed by atoms with Crippen LogP contribution in [0, 0.1) is 5.92 Å². The van der Waals surface area contributed by atoms with Gasteiger partial charge >= 0.3 is 0 Å². The fourth-order valence-electron chi connectivity index (χ4n) is 9.49. The van der Waals surface area contributed by atoms with E-state index in [1.807, 2.05) is 0 Å². The van der Waals surface area contributed by atoms with Crippen molar-refractivity contribution in [2.24, 2.45) is 5.92 Å². The monoisotopic (exact) mass is 675 g/mol. The van der Waals surface area contributed by atoms with Crippen LogP contribution in [0.4, 0.5) is 0 Å². The summed E-state index contributed by atoms with van der Waals surface area (Å²) in [6.07, 6.45) is 26.2. The second-order valence-corrected chi connectivity index (χ2v) is 18.8. The van der Waals surface area contributed by atoms with Crippen molar-refractivity contribution in [3.05, 3.63) is 193 Å². The Hall–Kier alpha value is -5.18. The molecule has 2 heteroatoms. The normalized spacial score (nSPS) is 22.6. The second kappa shape index (κ2) is 13.5. The van der Waals surface area contributed by atoms with Crippen molar-refractivity contribution in [2.45, 2.75) is 50.1 Å². The average Bonchev–Trinajstić information content (AvgIpc) is 3.53. The molecule has 5 unspecified atom stereocenters. The first-order valence-electron chi connectivity index (χ1n) is 18.8. The summed E-state index contributed by atoms with van der Waals surface area (Å²) >= 11 is 0. The summed E-state index contributed by atoms with van der Waals surface area (Å²) in [4.78, 5) is 0. The summed E-state index contributed by atoms with van der Waals surface area (Å²) < 4.78 is 2.67. The molecule has 5 atom stereocenters. The maximum absolute atomic E-state index is 2.67. The highest BCUT2D eigenvalue weighted by atomic mass is 28.3. The van der Waals surface area contributed by atoms with Crippen molar-refractivity contribution >= 4 is 40.3 Å². The predicted molar refractivity (Wildman–Crippen MR) is 221 cm³/mol. The number of hydrogen-bond acceptors (Lipinski definition) is 0. The Morgan fingerprint density at radius 2 is 1.33 bits per heavy atom. The molecule has 9 rings (SSSR count). The molecule has 51 heavy (non-hydrogen) atoms. The third-order valence-electron chi connectivity index (χ3n) is 12.0. The SMILES string of the molecule is CC1CC=CCC1n1c2ccccc2c2cc([Si](C3=CCC(c4ccccc4-c4ccccc4)C=C3)(c3ccccc3)C3C=CC=CC3)ccc21. The van der Waals surface area contributed by atoms with Gasteiger partial charge in [-0.2, -0.15) is 0 Å². The standard InChI is InChI=1S/C49H45NSi/c1-36-17-11-15-27-47(36)50-48-28-16-14-26-45(48)46-35-42(33-34-49(46)50)51(39-20-7-3-8-21-39,40-22-9-4-10-23-40)41-31-29-38(30-32-41)44-25-13-12-24-43(44)37-18-5-2-6-19-37/h2-16,18-22,24-26,28-29,31-36,38,40,47H,17,23,27,30H2,1H3. The largest absolute Gasteiger partial charge is 0.337 e. The molecule has 0 N–H and O–H groups in total. The van der Waals surface area contributed by atoms with Crippen molar-refractivity contribution in [1.82, 2.24) is 4.57 Å². The van der Waals surface area contributed by atoms with E-state index in [0.29, 0.717) is 23.4 Å². The minimum atomic E-state index is -2.59. The lowest BCUT2D eigenvalue weighted by Crippen LogP contribution is -2.63. The molecule has 0 saturated heterocycles. The molecule has 1 heterocycles. The summed E-state index contributed by atoms with van der Waals surface area (Å²) in [7, 11) is -2.59. The van der Waals surface area contributed by atoms with Crippen LogP contribution in [-0.4, -0.2) is 12.6 Å². The summed E-state index contributed by atoms with van der Waals surface area (Å²) in [5, 5.41) is 7.29. The van der Waals surface area contributed by atoms with Gasteiger partial charge in [-0.1, -0.05) is 182 Å². The van der Waals surface area contributed by atoms with Crippen LogP contribution in [-0.2, 0) is 0 Å². The second-order valence-electron chi connectivity index (χ2n) is 14.7. The lowest BCUT2D eigenvalue weighted by Gasteiger charge is -2.42. The van der Waals surface area contributed by atoms with E-state index in [1.165, 1.54) is 54.1 Å². The Kier molecular flexibility index (Phi) is 8.41. The highest BCUT2D eigenvalue weighted by molar-refractivity contribution is 7.09. The van der Waals surface area contributed by atoms with Gasteiger partial charge in [0.2, 0.25) is 0 Å². The Balaban J connectivity index is 1.23. The van der Waals surface area contributed by atoms with Crippen molar-refractivity contribution in [3.63, 3.8) is 0 Å². The number of para-hydroxylation sites is 1. The molecule has 1 nitrogen and oxygen atoms in total. The third-order valence-corrected chi connectivity index (χ3v) is 17.3. The van der Waals surface area contributed by atoms with E-state index in [9.17, 15) is 0 Å². The van der Waals surface area contributed by atoms with Crippen LogP contribution in [0.1, 0.15) is 50.1 Å². The fourth-order valence-corrected chi connectivity index (χ4v) is 14.9. The minimum Gasteiger partial charge on any atom is -0.337 e. The van der Waals surface area contributed by atoms with Gasteiger partial charge in [-0.05, 0) is 76.3 Å². The van der Waals surface area contributed by atoms with Gasteiger partial charge in [-0.3, -0.25) is 0 Å². The molecular formula is C49H45NSi. The van der Waals surface area contributed by atoms with Crippen LogP contribution >= 0.6 is 0 Å². The maximum atomic E-state index is 2.67. The van der Waals surface area contributed by atoms with Crippen molar-refractivity contribution in [2.75, 3.05) is 0 Å². The highest BCUT2D eigenvalue weighted by Crippen LogP contribution is 2.43. The van der Waals surface area contributed by atoms with E-state index in [1.54, 1.807) is 0 Å². The number of hydrogen-bond donors (Lipinski definition) is 0. The molecule has 5 aromatic carbocycles. The molecule has 0 saturated carbocycles. The summed E-state index contributed by atoms with van der Waals surface area (Å²) in [6.45, 7) is 2.42. The molecule has 250 valence electrons. The van der Waals surface area contributed by atoms with Gasteiger partial charge in [0, 0.05) is 33.8 Å². The Morgan fingerprint density at radius 3 is 2.12 bits per heavy atom. The summed E-state index contributed by atoms with van der Waals surface area (Å²) in [6, 6.07) is 48.6. The smallest absolute Gasteiger partial charge is 0.154 e. The van der Waals surface area contributed by atoms with Crippen LogP contribution in [0.15, 0.2) is 187 Å². The van der Waals surface area contributed by atoms with Crippen molar-refractivity contribution in [3.8, 4) is 11.1 Å². The predicted octanol–water partition coefficient (Wildman–Crippen LogP) is 11.6. The first kappa shape index (κ1) is 31.8. The zero-order valence-corrected chi connectivity index (χ0v) is 30.4. The molecule has 0 radical (unpaired) electrons. The Bertz CT molecular complexity index is 2350. The van der Waals surface area contributed by atoms with Crippen molar-refractivity contribution < 1.29 is 0 Å². The first-order chi connectivity index (χ1) is 25.2. The summed E-state index contributed by atoms with van der Waals surface area (Å²) in [5.41, 5.74) is 7.16. The number of fused-ring (bicyclic) bond motifs is 3. The van der Waals surface area contributed by atoms with E-state index in [-0.39, 0.29) is 0 Å². The van der Waals surface area contributed by atoms with Gasteiger partial charge in [0.05, 0.1) is 0 Å².